The zero-order valence-electron chi connectivity index (χ0n) is 11.2. The van der Waals surface area contributed by atoms with Crippen molar-refractivity contribution < 1.29 is 9.53 Å². The van der Waals surface area contributed by atoms with Crippen LogP contribution in [0.1, 0.15) is 17.4 Å². The summed E-state index contributed by atoms with van der Waals surface area (Å²) in [6, 6.07) is 8.09. The molecule has 0 aliphatic carbocycles. The predicted octanol–water partition coefficient (Wildman–Crippen LogP) is 3.25. The number of carbonyl (C=O) groups excluding carboxylic acids is 1. The van der Waals surface area contributed by atoms with E-state index in [1.165, 1.54) is 12.5 Å². The number of hydrogen-bond acceptors (Lipinski definition) is 4. The van der Waals surface area contributed by atoms with Gasteiger partial charge in [-0.1, -0.05) is 0 Å². The van der Waals surface area contributed by atoms with E-state index in [0.29, 0.717) is 6.54 Å². The average Bonchev–Trinajstić information content (AvgIpc) is 3.03. The van der Waals surface area contributed by atoms with Crippen molar-refractivity contribution in [3.8, 4) is 5.75 Å². The molecule has 2 N–H and O–H groups in total. The van der Waals surface area contributed by atoms with Crippen molar-refractivity contribution in [1.82, 2.24) is 0 Å². The Hall–Kier alpha value is -2.01. The molecule has 1 amide bonds. The smallest absolute Gasteiger partial charge is 0.221 e. The average molecular weight is 288 g/mol. The second-order valence-electron chi connectivity index (χ2n) is 4.71. The molecule has 1 aromatic heterocycles. The van der Waals surface area contributed by atoms with Crippen LogP contribution in [0.15, 0.2) is 29.6 Å². The third-order valence-electron chi connectivity index (χ3n) is 3.20. The molecule has 104 valence electrons. The predicted molar refractivity (Wildman–Crippen MR) is 81.6 cm³/mol. The highest BCUT2D eigenvalue weighted by Gasteiger charge is 2.12. The van der Waals surface area contributed by atoms with Gasteiger partial charge in [0.25, 0.3) is 0 Å². The van der Waals surface area contributed by atoms with Crippen molar-refractivity contribution in [2.45, 2.75) is 19.9 Å². The van der Waals surface area contributed by atoms with Crippen molar-refractivity contribution >= 4 is 28.6 Å². The van der Waals surface area contributed by atoms with E-state index in [-0.39, 0.29) is 5.91 Å². The normalized spacial score (nSPS) is 12.7. The van der Waals surface area contributed by atoms with Crippen LogP contribution in [0.5, 0.6) is 5.75 Å². The van der Waals surface area contributed by atoms with Crippen LogP contribution in [-0.2, 0) is 17.8 Å². The lowest BCUT2D eigenvalue weighted by molar-refractivity contribution is -0.114. The molecule has 0 saturated carbocycles. The maximum absolute atomic E-state index is 11.1. The number of amides is 1. The number of rotatable bonds is 4. The first kappa shape index (κ1) is 13.0. The minimum Gasteiger partial charge on any atom is -0.493 e. The van der Waals surface area contributed by atoms with Crippen LogP contribution in [0.3, 0.4) is 0 Å². The summed E-state index contributed by atoms with van der Waals surface area (Å²) in [5, 5.41) is 8.22. The third-order valence-corrected chi connectivity index (χ3v) is 4.12. The summed E-state index contributed by atoms with van der Waals surface area (Å²) in [5.41, 5.74) is 3.22. The summed E-state index contributed by atoms with van der Waals surface area (Å²) >= 11 is 1.63. The fourth-order valence-electron chi connectivity index (χ4n) is 2.26. The molecule has 4 nitrogen and oxygen atoms in total. The van der Waals surface area contributed by atoms with E-state index in [1.807, 2.05) is 23.6 Å². The first-order chi connectivity index (χ1) is 9.72. The number of anilines is 2. The molecule has 5 heteroatoms. The summed E-state index contributed by atoms with van der Waals surface area (Å²) in [6.45, 7) is 3.00. The number of fused-ring (bicyclic) bond motifs is 1. The van der Waals surface area contributed by atoms with Crippen LogP contribution >= 0.6 is 11.3 Å². The standard InChI is InChI=1S/C15H16N2O2S/c1-10(18)17-13-5-7-20-15(13)9-16-12-2-3-14-11(8-12)4-6-19-14/h2-3,5,7-8,16H,4,6,9H2,1H3,(H,17,18). The molecule has 0 radical (unpaired) electrons. The fourth-order valence-corrected chi connectivity index (χ4v) is 3.03. The van der Waals surface area contributed by atoms with Gasteiger partial charge in [0.2, 0.25) is 5.91 Å². The highest BCUT2D eigenvalue weighted by atomic mass is 32.1. The van der Waals surface area contributed by atoms with Crippen molar-refractivity contribution in [3.63, 3.8) is 0 Å². The van der Waals surface area contributed by atoms with Gasteiger partial charge in [-0.2, -0.15) is 0 Å². The van der Waals surface area contributed by atoms with E-state index < -0.39 is 0 Å². The lowest BCUT2D eigenvalue weighted by Crippen LogP contribution is -2.08. The van der Waals surface area contributed by atoms with Crippen molar-refractivity contribution in [2.24, 2.45) is 0 Å². The molecule has 0 atom stereocenters. The van der Waals surface area contributed by atoms with Gasteiger partial charge in [-0.15, -0.1) is 11.3 Å². The minimum absolute atomic E-state index is 0.0423. The Morgan fingerprint density at radius 1 is 1.40 bits per heavy atom. The SMILES string of the molecule is CC(=O)Nc1ccsc1CNc1ccc2c(c1)CCO2. The second kappa shape index (κ2) is 5.54. The molecule has 0 bridgehead atoms. The van der Waals surface area contributed by atoms with Crippen molar-refractivity contribution in [3.05, 3.63) is 40.1 Å². The Labute approximate surface area is 121 Å². The highest BCUT2D eigenvalue weighted by molar-refractivity contribution is 7.10. The Kier molecular flexibility index (Phi) is 3.60. The lowest BCUT2D eigenvalue weighted by Gasteiger charge is -2.09. The molecular weight excluding hydrogens is 272 g/mol. The first-order valence-electron chi connectivity index (χ1n) is 6.56. The molecule has 1 aromatic carbocycles. The highest BCUT2D eigenvalue weighted by Crippen LogP contribution is 2.29. The number of ether oxygens (including phenoxy) is 1. The molecule has 1 aliphatic heterocycles. The largest absolute Gasteiger partial charge is 0.493 e. The number of hydrogen-bond donors (Lipinski definition) is 2. The number of thiophene rings is 1. The molecule has 0 unspecified atom stereocenters. The molecule has 1 aliphatic rings. The van der Waals surface area contributed by atoms with Gasteiger partial charge in [0.05, 0.1) is 18.8 Å². The quantitative estimate of drug-likeness (QED) is 0.908. The van der Waals surface area contributed by atoms with Gasteiger partial charge >= 0.3 is 0 Å². The molecule has 2 aromatic rings. The fraction of sp³-hybridized carbons (Fsp3) is 0.267. The molecule has 0 fully saturated rings. The Morgan fingerprint density at radius 2 is 2.30 bits per heavy atom. The van der Waals surface area contributed by atoms with Crippen LogP contribution in [0, 0.1) is 0 Å². The van der Waals surface area contributed by atoms with Gasteiger partial charge in [-0.3, -0.25) is 4.79 Å². The topological polar surface area (TPSA) is 50.4 Å². The van der Waals surface area contributed by atoms with Crippen molar-refractivity contribution in [1.29, 1.82) is 0 Å². The zero-order chi connectivity index (χ0) is 13.9. The van der Waals surface area contributed by atoms with E-state index >= 15 is 0 Å². The van der Waals surface area contributed by atoms with Gasteiger partial charge < -0.3 is 15.4 Å². The summed E-state index contributed by atoms with van der Waals surface area (Å²) < 4.78 is 5.49. The van der Waals surface area contributed by atoms with Gasteiger partial charge in [-0.05, 0) is 35.2 Å². The Bertz CT molecular complexity index is 637. The summed E-state index contributed by atoms with van der Waals surface area (Å²) in [7, 11) is 0. The van der Waals surface area contributed by atoms with E-state index in [2.05, 4.69) is 16.7 Å². The van der Waals surface area contributed by atoms with Crippen LogP contribution in [0.25, 0.3) is 0 Å². The zero-order valence-corrected chi connectivity index (χ0v) is 12.0. The molecular formula is C15H16N2O2S. The van der Waals surface area contributed by atoms with Gasteiger partial charge in [-0.25, -0.2) is 0 Å². The van der Waals surface area contributed by atoms with Gasteiger partial charge in [0.1, 0.15) is 5.75 Å². The number of benzene rings is 1. The van der Waals surface area contributed by atoms with Crippen LogP contribution in [0.4, 0.5) is 11.4 Å². The lowest BCUT2D eigenvalue weighted by atomic mass is 10.1. The second-order valence-corrected chi connectivity index (χ2v) is 5.71. The third kappa shape index (κ3) is 2.77. The molecule has 3 rings (SSSR count). The summed E-state index contributed by atoms with van der Waals surface area (Å²) in [5.74, 6) is 0.949. The summed E-state index contributed by atoms with van der Waals surface area (Å²) in [4.78, 5) is 12.2. The molecule has 20 heavy (non-hydrogen) atoms. The summed E-state index contributed by atoms with van der Waals surface area (Å²) in [6.07, 6.45) is 0.973. The Morgan fingerprint density at radius 3 is 3.15 bits per heavy atom. The van der Waals surface area contributed by atoms with Gasteiger partial charge in [0, 0.05) is 23.9 Å². The van der Waals surface area contributed by atoms with Gasteiger partial charge in [0.15, 0.2) is 0 Å². The van der Waals surface area contributed by atoms with E-state index in [4.69, 9.17) is 4.74 Å². The first-order valence-corrected chi connectivity index (χ1v) is 7.44. The molecule has 0 spiro atoms. The number of nitrogens with one attached hydrogen (secondary N) is 2. The van der Waals surface area contributed by atoms with E-state index in [1.54, 1.807) is 11.3 Å². The van der Waals surface area contributed by atoms with E-state index in [0.717, 1.165) is 35.0 Å². The molecule has 0 saturated heterocycles. The van der Waals surface area contributed by atoms with Crippen molar-refractivity contribution in [2.75, 3.05) is 17.2 Å². The molecule has 2 heterocycles. The Balaban J connectivity index is 1.67. The maximum Gasteiger partial charge on any atom is 0.221 e. The minimum atomic E-state index is -0.0423. The van der Waals surface area contributed by atoms with Crippen LogP contribution in [-0.4, -0.2) is 12.5 Å². The van der Waals surface area contributed by atoms with E-state index in [9.17, 15) is 4.79 Å². The monoisotopic (exact) mass is 288 g/mol. The van der Waals surface area contributed by atoms with Crippen LogP contribution in [0.2, 0.25) is 0 Å². The van der Waals surface area contributed by atoms with Crippen LogP contribution < -0.4 is 15.4 Å². The maximum atomic E-state index is 11.1. The number of carbonyl (C=O) groups is 1.